The van der Waals surface area contributed by atoms with E-state index in [1.807, 2.05) is 0 Å². The first-order valence-corrected chi connectivity index (χ1v) is 13.2. The number of hydrogen-bond donors (Lipinski definition) is 1. The van der Waals surface area contributed by atoms with Crippen LogP contribution in [0.1, 0.15) is 30.9 Å². The van der Waals surface area contributed by atoms with Crippen LogP contribution < -0.4 is 5.73 Å². The van der Waals surface area contributed by atoms with Gasteiger partial charge in [-0.1, -0.05) is 18.2 Å². The van der Waals surface area contributed by atoms with Crippen molar-refractivity contribution in [3.8, 4) is 21.8 Å². The quantitative estimate of drug-likeness (QED) is 0.366. The lowest BCUT2D eigenvalue weighted by atomic mass is 9.79. The SMILES string of the molecule is Cc1cc(-c2cccs2)nc2cc(-c3nn(C4CC(CN5CCC5)C4)c4ncnc(N)c34)ccc12. The molecule has 1 aliphatic heterocycles. The number of nitrogen functional groups attached to an aromatic ring is 1. The molecule has 1 saturated carbocycles. The van der Waals surface area contributed by atoms with Gasteiger partial charge < -0.3 is 10.6 Å². The molecule has 7 nitrogen and oxygen atoms in total. The second-order valence-corrected chi connectivity index (χ2v) is 10.9. The zero-order valence-corrected chi connectivity index (χ0v) is 20.5. The number of rotatable bonds is 5. The average Bonchev–Trinajstić information content (AvgIpc) is 3.46. The molecular formula is C27H27N7S. The summed E-state index contributed by atoms with van der Waals surface area (Å²) in [5.41, 5.74) is 12.2. The molecule has 8 heteroatoms. The highest BCUT2D eigenvalue weighted by Crippen LogP contribution is 2.42. The van der Waals surface area contributed by atoms with Crippen molar-refractivity contribution in [2.75, 3.05) is 25.4 Å². The van der Waals surface area contributed by atoms with Crippen LogP contribution in [0.25, 0.3) is 43.8 Å². The Balaban J connectivity index is 1.29. The van der Waals surface area contributed by atoms with E-state index in [2.05, 4.69) is 68.3 Å². The number of pyridine rings is 1. The minimum absolute atomic E-state index is 0.359. The number of hydrogen-bond acceptors (Lipinski definition) is 7. The van der Waals surface area contributed by atoms with E-state index in [0.29, 0.717) is 11.9 Å². The molecule has 1 aliphatic carbocycles. The first kappa shape index (κ1) is 21.0. The molecule has 4 aromatic heterocycles. The Morgan fingerprint density at radius 3 is 2.77 bits per heavy atom. The summed E-state index contributed by atoms with van der Waals surface area (Å²) in [6.07, 6.45) is 5.17. The van der Waals surface area contributed by atoms with Crippen LogP contribution in [-0.4, -0.2) is 49.3 Å². The zero-order chi connectivity index (χ0) is 23.5. The van der Waals surface area contributed by atoms with E-state index < -0.39 is 0 Å². The minimum Gasteiger partial charge on any atom is -0.383 e. The fourth-order valence-electron chi connectivity index (χ4n) is 5.53. The molecule has 2 fully saturated rings. The van der Waals surface area contributed by atoms with E-state index in [1.54, 1.807) is 17.7 Å². The van der Waals surface area contributed by atoms with Gasteiger partial charge >= 0.3 is 0 Å². The third kappa shape index (κ3) is 3.51. The minimum atomic E-state index is 0.359. The molecule has 35 heavy (non-hydrogen) atoms. The Morgan fingerprint density at radius 1 is 1.11 bits per heavy atom. The summed E-state index contributed by atoms with van der Waals surface area (Å²) in [6.45, 7) is 5.86. The molecular weight excluding hydrogens is 454 g/mol. The Kier molecular flexibility index (Phi) is 4.85. The number of anilines is 1. The summed E-state index contributed by atoms with van der Waals surface area (Å²) in [6, 6.07) is 13.1. The molecule has 1 aromatic carbocycles. The van der Waals surface area contributed by atoms with E-state index >= 15 is 0 Å². The highest BCUT2D eigenvalue weighted by molar-refractivity contribution is 7.13. The van der Waals surface area contributed by atoms with Gasteiger partial charge in [0.05, 0.1) is 27.5 Å². The summed E-state index contributed by atoms with van der Waals surface area (Å²) in [4.78, 5) is 17.6. The van der Waals surface area contributed by atoms with Crippen LogP contribution in [0.5, 0.6) is 0 Å². The Morgan fingerprint density at radius 2 is 2.00 bits per heavy atom. The maximum Gasteiger partial charge on any atom is 0.164 e. The van der Waals surface area contributed by atoms with Crippen molar-refractivity contribution in [1.29, 1.82) is 0 Å². The van der Waals surface area contributed by atoms with Gasteiger partial charge in [0, 0.05) is 17.5 Å². The van der Waals surface area contributed by atoms with E-state index in [4.69, 9.17) is 15.8 Å². The van der Waals surface area contributed by atoms with E-state index in [-0.39, 0.29) is 0 Å². The van der Waals surface area contributed by atoms with Gasteiger partial charge in [0.25, 0.3) is 0 Å². The molecule has 0 amide bonds. The van der Waals surface area contributed by atoms with Crippen molar-refractivity contribution in [2.45, 2.75) is 32.2 Å². The van der Waals surface area contributed by atoms with Crippen LogP contribution in [0.15, 0.2) is 48.1 Å². The summed E-state index contributed by atoms with van der Waals surface area (Å²) in [5.74, 6) is 1.22. The van der Waals surface area contributed by atoms with Crippen molar-refractivity contribution in [3.05, 3.63) is 53.7 Å². The Hall–Kier alpha value is -3.36. The van der Waals surface area contributed by atoms with Crippen LogP contribution in [0.4, 0.5) is 5.82 Å². The third-order valence-corrected chi connectivity index (χ3v) is 8.50. The zero-order valence-electron chi connectivity index (χ0n) is 19.7. The average molecular weight is 482 g/mol. The van der Waals surface area contributed by atoms with Gasteiger partial charge in [-0.3, -0.25) is 0 Å². The van der Waals surface area contributed by atoms with E-state index in [0.717, 1.165) is 57.6 Å². The van der Waals surface area contributed by atoms with Crippen molar-refractivity contribution in [1.82, 2.24) is 29.6 Å². The van der Waals surface area contributed by atoms with Crippen LogP contribution >= 0.6 is 11.3 Å². The van der Waals surface area contributed by atoms with Crippen molar-refractivity contribution >= 4 is 39.1 Å². The normalized spacial score (nSPS) is 20.3. The topological polar surface area (TPSA) is 85.8 Å². The van der Waals surface area contributed by atoms with Gasteiger partial charge in [-0.15, -0.1) is 11.3 Å². The number of thiophene rings is 1. The number of likely N-dealkylation sites (tertiary alicyclic amines) is 1. The largest absolute Gasteiger partial charge is 0.383 e. The molecule has 0 unspecified atom stereocenters. The molecule has 5 heterocycles. The lowest BCUT2D eigenvalue weighted by Gasteiger charge is -2.41. The predicted molar refractivity (Wildman–Crippen MR) is 141 cm³/mol. The number of fused-ring (bicyclic) bond motifs is 2. The summed E-state index contributed by atoms with van der Waals surface area (Å²) < 4.78 is 2.10. The van der Waals surface area contributed by atoms with E-state index in [9.17, 15) is 0 Å². The fraction of sp³-hybridized carbons (Fsp3) is 0.333. The van der Waals surface area contributed by atoms with Gasteiger partial charge in [0.15, 0.2) is 5.65 Å². The van der Waals surface area contributed by atoms with Gasteiger partial charge in [-0.2, -0.15) is 5.10 Å². The van der Waals surface area contributed by atoms with Crippen LogP contribution in [-0.2, 0) is 0 Å². The first-order chi connectivity index (χ1) is 17.1. The molecule has 1 saturated heterocycles. The predicted octanol–water partition coefficient (Wildman–Crippen LogP) is 5.32. The first-order valence-electron chi connectivity index (χ1n) is 12.3. The second-order valence-electron chi connectivity index (χ2n) is 9.93. The molecule has 2 N–H and O–H groups in total. The number of nitrogens with zero attached hydrogens (tertiary/aromatic N) is 6. The van der Waals surface area contributed by atoms with Gasteiger partial charge in [0.2, 0.25) is 0 Å². The smallest absolute Gasteiger partial charge is 0.164 e. The summed E-state index contributed by atoms with van der Waals surface area (Å²) in [5, 5.41) is 9.16. The number of aryl methyl sites for hydroxylation is 1. The van der Waals surface area contributed by atoms with E-state index in [1.165, 1.54) is 36.5 Å². The highest BCUT2D eigenvalue weighted by atomic mass is 32.1. The van der Waals surface area contributed by atoms with Gasteiger partial charge in [0.1, 0.15) is 17.8 Å². The van der Waals surface area contributed by atoms with Crippen LogP contribution in [0.2, 0.25) is 0 Å². The number of aromatic nitrogens is 5. The molecule has 0 spiro atoms. The second kappa shape index (κ2) is 8.10. The van der Waals surface area contributed by atoms with Crippen molar-refractivity contribution in [2.24, 2.45) is 5.92 Å². The van der Waals surface area contributed by atoms with Crippen molar-refractivity contribution < 1.29 is 0 Å². The fourth-order valence-corrected chi connectivity index (χ4v) is 6.22. The third-order valence-electron chi connectivity index (χ3n) is 7.60. The Labute approximate surface area is 207 Å². The monoisotopic (exact) mass is 481 g/mol. The molecule has 5 aromatic rings. The lowest BCUT2D eigenvalue weighted by molar-refractivity contribution is 0.0880. The van der Waals surface area contributed by atoms with Crippen LogP contribution in [0, 0.1) is 12.8 Å². The standard InChI is InChI=1S/C27H27N7S/c1-16-10-22(23-4-2-9-35-23)31-21-13-18(5-6-20(16)21)25-24-26(28)29-15-30-27(24)34(32-25)19-11-17(12-19)14-33-7-3-8-33/h2,4-6,9-10,13,15,17,19H,3,7-8,11-12,14H2,1H3,(H2,28,29,30). The Bertz CT molecular complexity index is 1550. The number of benzene rings is 1. The molecule has 0 radical (unpaired) electrons. The van der Waals surface area contributed by atoms with Crippen LogP contribution in [0.3, 0.4) is 0 Å². The van der Waals surface area contributed by atoms with Gasteiger partial charge in [-0.05, 0) is 74.3 Å². The summed E-state index contributed by atoms with van der Waals surface area (Å²) >= 11 is 1.71. The molecule has 2 aliphatic rings. The van der Waals surface area contributed by atoms with Crippen molar-refractivity contribution in [3.63, 3.8) is 0 Å². The maximum atomic E-state index is 6.39. The number of nitrogens with two attached hydrogens (primary N) is 1. The molecule has 7 rings (SSSR count). The lowest BCUT2D eigenvalue weighted by Crippen LogP contribution is -2.44. The highest BCUT2D eigenvalue weighted by Gasteiger charge is 2.35. The molecule has 0 bridgehead atoms. The van der Waals surface area contributed by atoms with Gasteiger partial charge in [-0.25, -0.2) is 19.6 Å². The summed E-state index contributed by atoms with van der Waals surface area (Å²) in [7, 11) is 0. The maximum absolute atomic E-state index is 6.39. The molecule has 0 atom stereocenters. The molecule has 176 valence electrons.